The van der Waals surface area contributed by atoms with Crippen LogP contribution in [0, 0.1) is 11.7 Å². The van der Waals surface area contributed by atoms with Crippen molar-refractivity contribution in [2.24, 2.45) is 5.92 Å². The number of hydrogen-bond acceptors (Lipinski definition) is 7. The lowest BCUT2D eigenvalue weighted by Crippen LogP contribution is -2.41. The molecular weight excluding hydrogens is 453 g/mol. The number of anilines is 1. The van der Waals surface area contributed by atoms with Crippen LogP contribution in [0.3, 0.4) is 0 Å². The Kier molecular flexibility index (Phi) is 5.71. The zero-order chi connectivity index (χ0) is 22.1. The number of carbonyl (C=O) groups excluding carboxylic acids is 1. The van der Waals surface area contributed by atoms with Crippen LogP contribution in [0.2, 0.25) is 5.02 Å². The van der Waals surface area contributed by atoms with Gasteiger partial charge in [0.2, 0.25) is 0 Å². The molecule has 1 atom stereocenters. The highest BCUT2D eigenvalue weighted by molar-refractivity contribution is 7.11. The first-order chi connectivity index (χ1) is 15.6. The molecule has 0 unspecified atom stereocenters. The first-order valence-electron chi connectivity index (χ1n) is 10.2. The molecule has 0 saturated carbocycles. The minimum Gasteiger partial charge on any atom is -0.367 e. The number of aromatic nitrogens is 5. The Morgan fingerprint density at radius 1 is 1.34 bits per heavy atom. The van der Waals surface area contributed by atoms with Crippen LogP contribution in [0.1, 0.15) is 22.5 Å². The Morgan fingerprint density at radius 3 is 3.09 bits per heavy atom. The number of fused-ring (bicyclic) bond motifs is 1. The van der Waals surface area contributed by atoms with Gasteiger partial charge in [-0.05, 0) is 24.8 Å². The summed E-state index contributed by atoms with van der Waals surface area (Å²) < 4.78 is 14.4. The van der Waals surface area contributed by atoms with Crippen molar-refractivity contribution in [3.63, 3.8) is 0 Å². The van der Waals surface area contributed by atoms with Gasteiger partial charge in [0, 0.05) is 43.0 Å². The van der Waals surface area contributed by atoms with Gasteiger partial charge in [-0.1, -0.05) is 11.6 Å². The Balaban J connectivity index is 1.30. The summed E-state index contributed by atoms with van der Waals surface area (Å²) in [5.41, 5.74) is 3.00. The number of piperidine rings is 1. The van der Waals surface area contributed by atoms with E-state index in [-0.39, 0.29) is 17.6 Å². The van der Waals surface area contributed by atoms with Crippen LogP contribution in [-0.4, -0.2) is 55.4 Å². The topological polar surface area (TPSA) is 99.7 Å². The van der Waals surface area contributed by atoms with Gasteiger partial charge >= 0.3 is 0 Å². The number of hydrogen-bond donors (Lipinski definition) is 2. The van der Waals surface area contributed by atoms with E-state index < -0.39 is 5.82 Å². The molecule has 0 aromatic carbocycles. The van der Waals surface area contributed by atoms with E-state index in [4.69, 9.17) is 11.6 Å². The van der Waals surface area contributed by atoms with Crippen LogP contribution in [0.4, 0.5) is 10.2 Å². The highest BCUT2D eigenvalue weighted by Gasteiger charge is 2.25. The molecule has 4 aromatic rings. The Morgan fingerprint density at radius 2 is 2.25 bits per heavy atom. The summed E-state index contributed by atoms with van der Waals surface area (Å²) in [6.07, 6.45) is 7.89. The molecule has 1 aliphatic rings. The number of rotatable bonds is 5. The third-order valence-corrected chi connectivity index (χ3v) is 6.46. The maximum atomic E-state index is 14.4. The van der Waals surface area contributed by atoms with Gasteiger partial charge in [0.15, 0.2) is 17.5 Å². The number of thiazole rings is 1. The number of carbonyl (C=O) groups is 1. The number of amides is 1. The summed E-state index contributed by atoms with van der Waals surface area (Å²) in [6, 6.07) is 1.77. The second-order valence-corrected chi connectivity index (χ2v) is 8.97. The van der Waals surface area contributed by atoms with E-state index in [1.54, 1.807) is 30.2 Å². The summed E-state index contributed by atoms with van der Waals surface area (Å²) in [7, 11) is 0. The molecular formula is C21H19ClFN7OS. The van der Waals surface area contributed by atoms with Crippen molar-refractivity contribution >= 4 is 45.7 Å². The maximum Gasteiger partial charge on any atom is 0.265 e. The van der Waals surface area contributed by atoms with Gasteiger partial charge in [-0.2, -0.15) is 0 Å². The smallest absolute Gasteiger partial charge is 0.265 e. The molecule has 5 heterocycles. The molecule has 1 fully saturated rings. The predicted molar refractivity (Wildman–Crippen MR) is 121 cm³/mol. The maximum absolute atomic E-state index is 14.4. The number of nitrogens with zero attached hydrogens (tertiary/aromatic N) is 5. The number of aromatic amines is 1. The fourth-order valence-electron chi connectivity index (χ4n) is 3.92. The summed E-state index contributed by atoms with van der Waals surface area (Å²) >= 11 is 7.41. The molecule has 164 valence electrons. The first kappa shape index (κ1) is 20.8. The lowest BCUT2D eigenvalue weighted by Gasteiger charge is -2.32. The Labute approximate surface area is 191 Å². The summed E-state index contributed by atoms with van der Waals surface area (Å²) in [5, 5.41) is 4.37. The van der Waals surface area contributed by atoms with Crippen molar-refractivity contribution in [2.45, 2.75) is 12.8 Å². The standard InChI is InChI=1S/C21H19ClFN7OS/c22-13-4-14-15(7-27-18(14)26-6-13)19-28-8-16(23)20(29-19)25-5-12-2-1-3-30(10-12)21(31)17-9-24-11-32-17/h4,6-9,11-12H,1-3,5,10H2,(H,26,27)(H,25,28,29)/t12-/m1/s1. The van der Waals surface area contributed by atoms with E-state index >= 15 is 0 Å². The molecule has 1 aliphatic heterocycles. The average molecular weight is 472 g/mol. The molecule has 4 aromatic heterocycles. The van der Waals surface area contributed by atoms with Gasteiger partial charge in [0.05, 0.1) is 22.9 Å². The molecule has 5 rings (SSSR count). The van der Waals surface area contributed by atoms with Gasteiger partial charge in [0.1, 0.15) is 10.5 Å². The van der Waals surface area contributed by atoms with E-state index in [9.17, 15) is 9.18 Å². The molecule has 0 spiro atoms. The molecule has 1 saturated heterocycles. The number of halogens is 2. The molecule has 0 bridgehead atoms. The predicted octanol–water partition coefficient (Wildman–Crippen LogP) is 4.23. The molecule has 2 N–H and O–H groups in total. The zero-order valence-electron chi connectivity index (χ0n) is 16.9. The van der Waals surface area contributed by atoms with Crippen LogP contribution in [0.15, 0.2) is 36.4 Å². The first-order valence-corrected chi connectivity index (χ1v) is 11.4. The lowest BCUT2D eigenvalue weighted by atomic mass is 9.98. The van der Waals surface area contributed by atoms with Gasteiger partial charge in [-0.25, -0.2) is 19.3 Å². The van der Waals surface area contributed by atoms with Crippen molar-refractivity contribution < 1.29 is 9.18 Å². The van der Waals surface area contributed by atoms with E-state index in [0.29, 0.717) is 40.0 Å². The van der Waals surface area contributed by atoms with Gasteiger partial charge < -0.3 is 15.2 Å². The number of nitrogens with one attached hydrogen (secondary N) is 2. The van der Waals surface area contributed by atoms with E-state index in [2.05, 4.69) is 30.2 Å². The largest absolute Gasteiger partial charge is 0.367 e. The van der Waals surface area contributed by atoms with Crippen molar-refractivity contribution in [2.75, 3.05) is 25.0 Å². The lowest BCUT2D eigenvalue weighted by molar-refractivity contribution is 0.0685. The van der Waals surface area contributed by atoms with Crippen molar-refractivity contribution in [1.82, 2.24) is 29.8 Å². The minimum atomic E-state index is -0.529. The Hall–Kier alpha value is -3.11. The van der Waals surface area contributed by atoms with Crippen LogP contribution in [0.25, 0.3) is 22.4 Å². The zero-order valence-corrected chi connectivity index (χ0v) is 18.5. The number of pyridine rings is 1. The van der Waals surface area contributed by atoms with Gasteiger partial charge in [0.25, 0.3) is 5.91 Å². The van der Waals surface area contributed by atoms with Crippen molar-refractivity contribution in [3.8, 4) is 11.4 Å². The van der Waals surface area contributed by atoms with Crippen molar-refractivity contribution in [3.05, 3.63) is 52.1 Å². The molecule has 0 radical (unpaired) electrons. The van der Waals surface area contributed by atoms with E-state index in [1.165, 1.54) is 11.3 Å². The fourth-order valence-corrected chi connectivity index (χ4v) is 4.66. The third kappa shape index (κ3) is 4.15. The monoisotopic (exact) mass is 471 g/mol. The third-order valence-electron chi connectivity index (χ3n) is 5.49. The summed E-state index contributed by atoms with van der Waals surface area (Å²) in [6.45, 7) is 1.83. The summed E-state index contributed by atoms with van der Waals surface area (Å²) in [5.74, 6) is 0.159. The number of H-pyrrole nitrogens is 1. The van der Waals surface area contributed by atoms with Gasteiger partial charge in [-0.15, -0.1) is 11.3 Å². The second-order valence-electron chi connectivity index (χ2n) is 7.65. The highest BCUT2D eigenvalue weighted by Crippen LogP contribution is 2.28. The quantitative estimate of drug-likeness (QED) is 0.451. The molecule has 32 heavy (non-hydrogen) atoms. The fraction of sp³-hybridized carbons (Fsp3) is 0.286. The number of likely N-dealkylation sites (tertiary alicyclic amines) is 1. The van der Waals surface area contributed by atoms with Crippen molar-refractivity contribution in [1.29, 1.82) is 0 Å². The van der Waals surface area contributed by atoms with Crippen LogP contribution >= 0.6 is 22.9 Å². The van der Waals surface area contributed by atoms with E-state index in [1.807, 2.05) is 4.90 Å². The molecule has 11 heteroatoms. The molecule has 0 aliphatic carbocycles. The average Bonchev–Trinajstić information content (AvgIpc) is 3.48. The van der Waals surface area contributed by atoms with Crippen LogP contribution < -0.4 is 5.32 Å². The second kappa shape index (κ2) is 8.79. The molecule has 1 amide bonds. The van der Waals surface area contributed by atoms with E-state index in [0.717, 1.165) is 31.0 Å². The van der Waals surface area contributed by atoms with Crippen LogP contribution in [0.5, 0.6) is 0 Å². The van der Waals surface area contributed by atoms with Gasteiger partial charge in [-0.3, -0.25) is 9.78 Å². The minimum absolute atomic E-state index is 0.000640. The molecule has 8 nitrogen and oxygen atoms in total. The summed E-state index contributed by atoms with van der Waals surface area (Å²) in [4.78, 5) is 34.9. The SMILES string of the molecule is O=C(c1cncs1)N1CCC[C@H](CNc2nc(-c3c[nH]c4ncc(Cl)cc34)ncc2F)C1. The normalized spacial score (nSPS) is 16.4. The highest BCUT2D eigenvalue weighted by atomic mass is 35.5. The van der Waals surface area contributed by atoms with Crippen LogP contribution in [-0.2, 0) is 0 Å². The Bertz CT molecular complexity index is 1260.